The van der Waals surface area contributed by atoms with E-state index in [1.165, 1.54) is 0 Å². The van der Waals surface area contributed by atoms with E-state index in [9.17, 15) is 4.79 Å². The quantitative estimate of drug-likeness (QED) is 0.943. The Balaban J connectivity index is 1.70. The number of imidazole rings is 1. The Morgan fingerprint density at radius 2 is 2.35 bits per heavy atom. The van der Waals surface area contributed by atoms with Gasteiger partial charge in [-0.15, -0.1) is 0 Å². The lowest BCUT2D eigenvalue weighted by atomic mass is 10.1. The second kappa shape index (κ2) is 7.00. The molecule has 1 N–H and O–H groups in total. The molecule has 0 bridgehead atoms. The molecule has 1 unspecified atom stereocenters. The van der Waals surface area contributed by atoms with Crippen LogP contribution < -0.4 is 5.32 Å². The minimum absolute atomic E-state index is 0.0703. The van der Waals surface area contributed by atoms with E-state index in [0.29, 0.717) is 6.54 Å². The van der Waals surface area contributed by atoms with Crippen molar-refractivity contribution in [1.29, 1.82) is 0 Å². The molecule has 23 heavy (non-hydrogen) atoms. The topological polar surface area (TPSA) is 59.4 Å². The molecular weight excluding hydrogens is 292 g/mol. The van der Waals surface area contributed by atoms with Gasteiger partial charge in [-0.05, 0) is 37.5 Å². The lowest BCUT2D eigenvalue weighted by molar-refractivity contribution is 0.0458. The van der Waals surface area contributed by atoms with Crippen molar-refractivity contribution < 1.29 is 9.53 Å². The summed E-state index contributed by atoms with van der Waals surface area (Å²) in [6.45, 7) is 4.52. The van der Waals surface area contributed by atoms with Crippen LogP contribution in [0.4, 0.5) is 10.5 Å². The van der Waals surface area contributed by atoms with E-state index in [-0.39, 0.29) is 12.1 Å². The summed E-state index contributed by atoms with van der Waals surface area (Å²) in [7, 11) is 1.70. The van der Waals surface area contributed by atoms with Gasteiger partial charge in [-0.3, -0.25) is 0 Å². The molecule has 3 rings (SSSR count). The van der Waals surface area contributed by atoms with Crippen LogP contribution in [-0.2, 0) is 11.3 Å². The smallest absolute Gasteiger partial charge is 0.321 e. The summed E-state index contributed by atoms with van der Waals surface area (Å²) in [6, 6.07) is 5.81. The number of methoxy groups -OCH3 is 1. The average molecular weight is 316 g/mol. The van der Waals surface area contributed by atoms with E-state index in [4.69, 9.17) is 4.74 Å². The number of piperidine rings is 1. The van der Waals surface area contributed by atoms with Crippen molar-refractivity contribution in [2.75, 3.05) is 25.5 Å². The maximum absolute atomic E-state index is 12.4. The van der Waals surface area contributed by atoms with Crippen LogP contribution in [-0.4, -0.2) is 46.8 Å². The third kappa shape index (κ3) is 3.47. The Morgan fingerprint density at radius 1 is 1.48 bits per heavy atom. The SMILES string of the molecule is CCCn1cnc2cc(NC(=O)N3CCCC(OC)C3)ccc21. The molecule has 6 heteroatoms. The number of likely N-dealkylation sites (tertiary alicyclic amines) is 1. The molecule has 1 saturated heterocycles. The average Bonchev–Trinajstić information content (AvgIpc) is 2.97. The summed E-state index contributed by atoms with van der Waals surface area (Å²) < 4.78 is 7.50. The lowest BCUT2D eigenvalue weighted by Crippen LogP contribution is -2.44. The van der Waals surface area contributed by atoms with Crippen LogP contribution in [0, 0.1) is 0 Å². The Kier molecular flexibility index (Phi) is 4.81. The molecule has 0 saturated carbocycles. The molecule has 1 aromatic carbocycles. The Morgan fingerprint density at radius 3 is 3.13 bits per heavy atom. The molecule has 6 nitrogen and oxygen atoms in total. The van der Waals surface area contributed by atoms with Gasteiger partial charge in [0.1, 0.15) is 0 Å². The van der Waals surface area contributed by atoms with E-state index in [1.54, 1.807) is 7.11 Å². The number of nitrogens with one attached hydrogen (secondary N) is 1. The zero-order valence-corrected chi connectivity index (χ0v) is 13.8. The highest BCUT2D eigenvalue weighted by atomic mass is 16.5. The zero-order chi connectivity index (χ0) is 16.2. The molecule has 2 amide bonds. The standard InChI is InChI=1S/C17H24N4O2/c1-3-8-21-12-18-15-10-13(6-7-16(15)21)19-17(22)20-9-4-5-14(11-20)23-2/h6-7,10,12,14H,3-5,8-9,11H2,1-2H3,(H,19,22). The number of hydrogen-bond donors (Lipinski definition) is 1. The van der Waals surface area contributed by atoms with Gasteiger partial charge in [-0.25, -0.2) is 9.78 Å². The number of fused-ring (bicyclic) bond motifs is 1. The second-order valence-electron chi connectivity index (χ2n) is 6.02. The molecule has 1 aromatic heterocycles. The van der Waals surface area contributed by atoms with Crippen molar-refractivity contribution in [3.8, 4) is 0 Å². The molecule has 1 aliphatic heterocycles. The minimum atomic E-state index is -0.0703. The molecule has 2 heterocycles. The Labute approximate surface area is 136 Å². The first kappa shape index (κ1) is 15.8. The van der Waals surface area contributed by atoms with E-state index in [2.05, 4.69) is 21.8 Å². The number of carbonyl (C=O) groups is 1. The van der Waals surface area contributed by atoms with Crippen LogP contribution in [0.2, 0.25) is 0 Å². The maximum Gasteiger partial charge on any atom is 0.321 e. The van der Waals surface area contributed by atoms with Crippen LogP contribution in [0.1, 0.15) is 26.2 Å². The predicted molar refractivity (Wildman–Crippen MR) is 90.6 cm³/mol. The number of carbonyl (C=O) groups excluding carboxylic acids is 1. The number of amides is 2. The summed E-state index contributed by atoms with van der Waals surface area (Å²) in [4.78, 5) is 18.6. The fraction of sp³-hybridized carbons (Fsp3) is 0.529. The van der Waals surface area contributed by atoms with Gasteiger partial charge in [-0.1, -0.05) is 6.92 Å². The first-order chi connectivity index (χ1) is 11.2. The van der Waals surface area contributed by atoms with Crippen LogP contribution in [0.5, 0.6) is 0 Å². The highest BCUT2D eigenvalue weighted by Crippen LogP contribution is 2.20. The summed E-state index contributed by atoms with van der Waals surface area (Å²) >= 11 is 0. The molecule has 1 aliphatic rings. The normalized spacial score (nSPS) is 18.3. The third-order valence-electron chi connectivity index (χ3n) is 4.34. The zero-order valence-electron chi connectivity index (χ0n) is 13.8. The fourth-order valence-electron chi connectivity index (χ4n) is 3.08. The fourth-order valence-corrected chi connectivity index (χ4v) is 3.08. The number of urea groups is 1. The molecule has 0 spiro atoms. The largest absolute Gasteiger partial charge is 0.380 e. The monoisotopic (exact) mass is 316 g/mol. The predicted octanol–water partition coefficient (Wildman–Crippen LogP) is 3.09. The first-order valence-corrected chi connectivity index (χ1v) is 8.25. The number of ether oxygens (including phenoxy) is 1. The van der Waals surface area contributed by atoms with Crippen LogP contribution in [0.3, 0.4) is 0 Å². The summed E-state index contributed by atoms with van der Waals surface area (Å²) in [5.41, 5.74) is 2.79. The number of hydrogen-bond acceptors (Lipinski definition) is 3. The van der Waals surface area contributed by atoms with E-state index in [0.717, 1.165) is 49.1 Å². The van der Waals surface area contributed by atoms with Crippen molar-refractivity contribution in [2.24, 2.45) is 0 Å². The maximum atomic E-state index is 12.4. The van der Waals surface area contributed by atoms with E-state index in [1.807, 2.05) is 29.4 Å². The lowest BCUT2D eigenvalue weighted by Gasteiger charge is -2.31. The highest BCUT2D eigenvalue weighted by molar-refractivity contribution is 5.92. The van der Waals surface area contributed by atoms with E-state index >= 15 is 0 Å². The van der Waals surface area contributed by atoms with Crippen LogP contribution >= 0.6 is 0 Å². The highest BCUT2D eigenvalue weighted by Gasteiger charge is 2.23. The Hall–Kier alpha value is -2.08. The van der Waals surface area contributed by atoms with Crippen LogP contribution in [0.15, 0.2) is 24.5 Å². The van der Waals surface area contributed by atoms with Gasteiger partial charge in [0.2, 0.25) is 0 Å². The second-order valence-corrected chi connectivity index (χ2v) is 6.02. The van der Waals surface area contributed by atoms with Crippen molar-refractivity contribution in [2.45, 2.75) is 38.8 Å². The van der Waals surface area contributed by atoms with Crippen molar-refractivity contribution in [1.82, 2.24) is 14.5 Å². The van der Waals surface area contributed by atoms with Gasteiger partial charge in [0.05, 0.1) is 23.5 Å². The molecule has 1 fully saturated rings. The number of nitrogens with zero attached hydrogens (tertiary/aromatic N) is 3. The molecule has 0 radical (unpaired) electrons. The minimum Gasteiger partial charge on any atom is -0.380 e. The van der Waals surface area contributed by atoms with Gasteiger partial charge in [-0.2, -0.15) is 0 Å². The molecular formula is C17H24N4O2. The Bertz CT molecular complexity index is 682. The van der Waals surface area contributed by atoms with E-state index < -0.39 is 0 Å². The first-order valence-electron chi connectivity index (χ1n) is 8.25. The molecule has 0 aliphatic carbocycles. The van der Waals surface area contributed by atoms with Gasteiger partial charge in [0, 0.05) is 32.4 Å². The summed E-state index contributed by atoms with van der Waals surface area (Å²) in [5, 5.41) is 2.97. The van der Waals surface area contributed by atoms with Gasteiger partial charge in [0.25, 0.3) is 0 Å². The summed E-state index contributed by atoms with van der Waals surface area (Å²) in [6.07, 6.45) is 5.06. The van der Waals surface area contributed by atoms with Gasteiger partial charge in [0.15, 0.2) is 0 Å². The third-order valence-corrected chi connectivity index (χ3v) is 4.34. The molecule has 2 aromatic rings. The number of benzene rings is 1. The number of aryl methyl sites for hydroxylation is 1. The molecule has 1 atom stereocenters. The van der Waals surface area contributed by atoms with Gasteiger partial charge >= 0.3 is 6.03 Å². The molecule has 124 valence electrons. The summed E-state index contributed by atoms with van der Waals surface area (Å²) in [5.74, 6) is 0. The number of aromatic nitrogens is 2. The van der Waals surface area contributed by atoms with Gasteiger partial charge < -0.3 is 19.5 Å². The van der Waals surface area contributed by atoms with Crippen molar-refractivity contribution in [3.63, 3.8) is 0 Å². The van der Waals surface area contributed by atoms with Crippen LogP contribution in [0.25, 0.3) is 11.0 Å². The van der Waals surface area contributed by atoms with Crippen molar-refractivity contribution >= 4 is 22.8 Å². The van der Waals surface area contributed by atoms with Crippen molar-refractivity contribution in [3.05, 3.63) is 24.5 Å². The number of rotatable bonds is 4. The number of anilines is 1.